The maximum Gasteiger partial charge on any atom is 0.407 e. The highest BCUT2D eigenvalue weighted by atomic mass is 79.9. The predicted octanol–water partition coefficient (Wildman–Crippen LogP) is 5.34. The lowest BCUT2D eigenvalue weighted by Crippen LogP contribution is -2.50. The van der Waals surface area contributed by atoms with Gasteiger partial charge in [-0.2, -0.15) is 0 Å². The number of nitrogens with one attached hydrogen (secondary N) is 1. The Balaban J connectivity index is 1.34. The Morgan fingerprint density at radius 2 is 1.94 bits per heavy atom. The minimum atomic E-state index is -0.555. The number of imidazole rings is 1. The summed E-state index contributed by atoms with van der Waals surface area (Å²) in [4.78, 5) is 32.3. The van der Waals surface area contributed by atoms with E-state index in [0.717, 1.165) is 52.5 Å². The van der Waals surface area contributed by atoms with Crippen molar-refractivity contribution in [1.82, 2.24) is 24.3 Å². The number of likely N-dealkylation sites (tertiary alicyclic amines) is 1. The third-order valence-corrected chi connectivity index (χ3v) is 7.54. The van der Waals surface area contributed by atoms with Crippen LogP contribution >= 0.6 is 15.9 Å². The number of carbonyl (C=O) groups is 2. The summed E-state index contributed by atoms with van der Waals surface area (Å²) in [6.07, 6.45) is 3.77. The Hall–Kier alpha value is -2.81. The lowest BCUT2D eigenvalue weighted by atomic mass is 10.0. The zero-order chi connectivity index (χ0) is 25.6. The molecule has 5 rings (SSSR count). The van der Waals surface area contributed by atoms with Crippen LogP contribution in [0.15, 0.2) is 34.9 Å². The fourth-order valence-electron chi connectivity index (χ4n) is 4.88. The average molecular weight is 557 g/mol. The largest absolute Gasteiger partial charge is 0.444 e. The molecule has 1 saturated heterocycles. The Bertz CT molecular complexity index is 1300. The zero-order valence-corrected chi connectivity index (χ0v) is 23.0. The van der Waals surface area contributed by atoms with E-state index in [9.17, 15) is 9.59 Å². The van der Waals surface area contributed by atoms with Gasteiger partial charge in [-0.05, 0) is 98.6 Å². The monoisotopic (exact) mass is 555 g/mol. The van der Waals surface area contributed by atoms with E-state index in [-0.39, 0.29) is 11.9 Å². The molecule has 8 nitrogen and oxygen atoms in total. The second kappa shape index (κ2) is 9.57. The van der Waals surface area contributed by atoms with Crippen LogP contribution in [0.25, 0.3) is 22.6 Å². The van der Waals surface area contributed by atoms with Gasteiger partial charge in [0.05, 0.1) is 21.3 Å². The number of rotatable bonds is 5. The Labute approximate surface area is 220 Å². The average Bonchev–Trinajstić information content (AvgIpc) is 3.49. The molecule has 0 bridgehead atoms. The van der Waals surface area contributed by atoms with Crippen molar-refractivity contribution in [3.63, 3.8) is 0 Å². The van der Waals surface area contributed by atoms with Crippen molar-refractivity contribution >= 4 is 39.0 Å². The molecule has 1 saturated carbocycles. The molecule has 192 valence electrons. The topological polar surface area (TPSA) is 81.4 Å². The molecular formula is C27H34BrN5O3. The number of aromatic nitrogens is 3. The van der Waals surface area contributed by atoms with E-state index in [2.05, 4.69) is 42.5 Å². The number of aryl methyl sites for hydroxylation is 1. The second-order valence-corrected chi connectivity index (χ2v) is 11.8. The van der Waals surface area contributed by atoms with E-state index in [4.69, 9.17) is 9.72 Å². The smallest absolute Gasteiger partial charge is 0.407 e. The first-order valence-electron chi connectivity index (χ1n) is 12.7. The number of amides is 2. The molecule has 0 radical (unpaired) electrons. The Kier molecular flexibility index (Phi) is 6.61. The van der Waals surface area contributed by atoms with Gasteiger partial charge in [0.1, 0.15) is 5.60 Å². The molecule has 1 aromatic carbocycles. The number of benzene rings is 1. The third-order valence-electron chi connectivity index (χ3n) is 6.85. The fraction of sp³-hybridized carbons (Fsp3) is 0.519. The molecule has 0 unspecified atom stereocenters. The molecule has 36 heavy (non-hydrogen) atoms. The van der Waals surface area contributed by atoms with Crippen LogP contribution in [-0.2, 0) is 18.3 Å². The third kappa shape index (κ3) is 5.31. The quantitative estimate of drug-likeness (QED) is 0.460. The Morgan fingerprint density at radius 3 is 2.67 bits per heavy atom. The van der Waals surface area contributed by atoms with Crippen molar-refractivity contribution in [2.75, 3.05) is 13.1 Å². The molecule has 2 amide bonds. The van der Waals surface area contributed by atoms with Gasteiger partial charge in [-0.25, -0.2) is 9.78 Å². The van der Waals surface area contributed by atoms with Crippen LogP contribution < -0.4 is 5.32 Å². The molecule has 0 spiro atoms. The number of hydrogen-bond acceptors (Lipinski definition) is 4. The van der Waals surface area contributed by atoms with Gasteiger partial charge >= 0.3 is 6.09 Å². The summed E-state index contributed by atoms with van der Waals surface area (Å²) in [6.45, 7) is 7.64. The minimum absolute atomic E-state index is 0.0420. The van der Waals surface area contributed by atoms with Crippen molar-refractivity contribution < 1.29 is 14.3 Å². The number of hydrogen-bond donors (Lipinski definition) is 1. The van der Waals surface area contributed by atoms with Gasteiger partial charge < -0.3 is 24.1 Å². The van der Waals surface area contributed by atoms with E-state index >= 15 is 0 Å². The normalized spacial score (nSPS) is 18.5. The highest BCUT2D eigenvalue weighted by Gasteiger charge is 2.28. The summed E-state index contributed by atoms with van der Waals surface area (Å²) in [5.41, 5.74) is 2.92. The summed E-state index contributed by atoms with van der Waals surface area (Å²) < 4.78 is 10.8. The molecule has 2 fully saturated rings. The molecule has 1 atom stereocenters. The van der Waals surface area contributed by atoms with Crippen molar-refractivity contribution in [1.29, 1.82) is 0 Å². The highest BCUT2D eigenvalue weighted by Crippen LogP contribution is 2.35. The van der Waals surface area contributed by atoms with E-state index in [0.29, 0.717) is 18.7 Å². The lowest BCUT2D eigenvalue weighted by Gasteiger charge is -2.33. The number of ether oxygens (including phenoxy) is 1. The van der Waals surface area contributed by atoms with E-state index < -0.39 is 11.7 Å². The number of fused-ring (bicyclic) bond motifs is 1. The standard InChI is InChI=1S/C27H34BrN5O3/c1-27(2,3)36-26(35)29-19-6-5-13-32(16-19)25(34)18-9-10-21-20(14-18)30-24(31(21)4)22-11-12-23(28)33(22)15-17-7-8-17/h9-12,14,17,19H,5-8,13,15-16H2,1-4H3,(H,29,35)/t19-/m1/s1. The summed E-state index contributed by atoms with van der Waals surface area (Å²) in [7, 11) is 2.02. The SMILES string of the molecule is Cn1c(-c2ccc(Br)n2CC2CC2)nc2cc(C(=O)N3CCC[C@@H](NC(=O)OC(C)(C)C)C3)ccc21. The number of carbonyl (C=O) groups excluding carboxylic acids is 2. The first-order valence-corrected chi connectivity index (χ1v) is 13.5. The van der Waals surface area contributed by atoms with Gasteiger partial charge in [0.2, 0.25) is 0 Å². The van der Waals surface area contributed by atoms with Gasteiger partial charge in [0.15, 0.2) is 5.82 Å². The first kappa shape index (κ1) is 24.9. The molecule has 3 aromatic rings. The van der Waals surface area contributed by atoms with Crippen LogP contribution in [0.5, 0.6) is 0 Å². The van der Waals surface area contributed by atoms with Crippen molar-refractivity contribution in [3.8, 4) is 11.5 Å². The summed E-state index contributed by atoms with van der Waals surface area (Å²) in [5, 5.41) is 2.92. The summed E-state index contributed by atoms with van der Waals surface area (Å²) in [6, 6.07) is 9.79. The van der Waals surface area contributed by atoms with Crippen LogP contribution in [0.4, 0.5) is 4.79 Å². The minimum Gasteiger partial charge on any atom is -0.444 e. The lowest BCUT2D eigenvalue weighted by molar-refractivity contribution is 0.0452. The fourth-order valence-corrected chi connectivity index (χ4v) is 5.35. The molecule has 2 aromatic heterocycles. The maximum absolute atomic E-state index is 13.4. The van der Waals surface area contributed by atoms with Crippen LogP contribution in [0.2, 0.25) is 0 Å². The molecular weight excluding hydrogens is 522 g/mol. The van der Waals surface area contributed by atoms with Gasteiger partial charge in [-0.1, -0.05) is 0 Å². The molecule has 9 heteroatoms. The van der Waals surface area contributed by atoms with Crippen LogP contribution in [0, 0.1) is 5.92 Å². The predicted molar refractivity (Wildman–Crippen MR) is 143 cm³/mol. The Morgan fingerprint density at radius 1 is 1.17 bits per heavy atom. The number of alkyl carbamates (subject to hydrolysis) is 1. The first-order chi connectivity index (χ1) is 17.1. The molecule has 1 aliphatic carbocycles. The molecule has 1 N–H and O–H groups in total. The van der Waals surface area contributed by atoms with Gasteiger partial charge in [-0.15, -0.1) is 0 Å². The van der Waals surface area contributed by atoms with Crippen molar-refractivity contribution in [2.24, 2.45) is 13.0 Å². The van der Waals surface area contributed by atoms with Crippen molar-refractivity contribution in [2.45, 2.75) is 64.6 Å². The zero-order valence-electron chi connectivity index (χ0n) is 21.4. The van der Waals surface area contributed by atoms with Crippen LogP contribution in [-0.4, -0.2) is 55.8 Å². The summed E-state index contributed by atoms with van der Waals surface area (Å²) in [5.74, 6) is 1.59. The molecule has 1 aliphatic heterocycles. The van der Waals surface area contributed by atoms with Gasteiger partial charge in [-0.3, -0.25) is 4.79 Å². The number of nitrogens with zero attached hydrogens (tertiary/aromatic N) is 4. The second-order valence-electron chi connectivity index (χ2n) is 11.0. The van der Waals surface area contributed by atoms with E-state index in [1.807, 2.05) is 50.9 Å². The van der Waals surface area contributed by atoms with Gasteiger partial charge in [0.25, 0.3) is 5.91 Å². The van der Waals surface area contributed by atoms with Crippen LogP contribution in [0.3, 0.4) is 0 Å². The maximum atomic E-state index is 13.4. The van der Waals surface area contributed by atoms with Crippen LogP contribution in [0.1, 0.15) is 56.8 Å². The molecule has 2 aliphatic rings. The number of halogens is 1. The van der Waals surface area contributed by atoms with E-state index in [1.165, 1.54) is 12.8 Å². The van der Waals surface area contributed by atoms with Gasteiger partial charge in [0, 0.05) is 38.3 Å². The van der Waals surface area contributed by atoms with Crippen molar-refractivity contribution in [3.05, 3.63) is 40.5 Å². The summed E-state index contributed by atoms with van der Waals surface area (Å²) >= 11 is 3.69. The highest BCUT2D eigenvalue weighted by molar-refractivity contribution is 9.10. The van der Waals surface area contributed by atoms with E-state index in [1.54, 1.807) is 0 Å². The molecule has 3 heterocycles. The number of piperidine rings is 1.